The van der Waals surface area contributed by atoms with Crippen molar-refractivity contribution in [2.45, 2.75) is 30.0 Å². The molecule has 0 fully saturated rings. The lowest BCUT2D eigenvalue weighted by molar-refractivity contribution is -0.127. The number of hydrogen-bond donors (Lipinski definition) is 2. The van der Waals surface area contributed by atoms with E-state index in [-0.39, 0.29) is 0 Å². The minimum absolute atomic E-state index is 0.382. The summed E-state index contributed by atoms with van der Waals surface area (Å²) in [5, 5.41) is 6.30. The zero-order valence-corrected chi connectivity index (χ0v) is 16.2. The number of carbonyl (C=O) groups excluding carboxylic acids is 3. The Morgan fingerprint density at radius 3 is 2.69 bits per heavy atom. The number of imide groups is 1. The Kier molecular flexibility index (Phi) is 7.16. The number of carbonyl (C=O) groups is 3. The van der Waals surface area contributed by atoms with Gasteiger partial charge in [-0.1, -0.05) is 30.0 Å². The molecule has 1 aromatic carbocycles. The van der Waals surface area contributed by atoms with E-state index in [0.29, 0.717) is 11.3 Å². The molecule has 3 amide bonds. The van der Waals surface area contributed by atoms with Crippen LogP contribution in [0.2, 0.25) is 0 Å². The van der Waals surface area contributed by atoms with Gasteiger partial charge in [-0.15, -0.1) is 11.3 Å². The third kappa shape index (κ3) is 5.57. The van der Waals surface area contributed by atoms with Crippen molar-refractivity contribution in [2.24, 2.45) is 0 Å². The van der Waals surface area contributed by atoms with Gasteiger partial charge in [0.05, 0.1) is 5.56 Å². The molecule has 2 rings (SSSR count). The van der Waals surface area contributed by atoms with Gasteiger partial charge in [-0.25, -0.2) is 14.6 Å². The van der Waals surface area contributed by atoms with Crippen LogP contribution in [-0.2, 0) is 15.3 Å². The molecule has 0 aliphatic heterocycles. The van der Waals surface area contributed by atoms with E-state index < -0.39 is 24.0 Å². The number of hydrogen-bond acceptors (Lipinski definition) is 7. The number of aryl methyl sites for hydroxylation is 1. The van der Waals surface area contributed by atoms with Crippen LogP contribution < -0.4 is 10.6 Å². The van der Waals surface area contributed by atoms with Gasteiger partial charge in [0.15, 0.2) is 6.10 Å². The molecular formula is C17H19N3O4S2. The lowest BCUT2D eigenvalue weighted by Gasteiger charge is -2.14. The highest BCUT2D eigenvalue weighted by Gasteiger charge is 2.22. The SMILES string of the molecule is CNC(=O)NC(=O)[C@@H](C)OC(=O)c1ccccc1CSc1nc(C)cs1. The summed E-state index contributed by atoms with van der Waals surface area (Å²) in [5.74, 6) is -0.754. The van der Waals surface area contributed by atoms with Crippen LogP contribution in [-0.4, -0.2) is 36.0 Å². The van der Waals surface area contributed by atoms with Crippen molar-refractivity contribution in [3.05, 3.63) is 46.5 Å². The van der Waals surface area contributed by atoms with E-state index in [2.05, 4.69) is 15.6 Å². The highest BCUT2D eigenvalue weighted by molar-refractivity contribution is 8.00. The number of aromatic nitrogens is 1. The van der Waals surface area contributed by atoms with E-state index in [1.807, 2.05) is 24.4 Å². The fraction of sp³-hybridized carbons (Fsp3) is 0.294. The number of thioether (sulfide) groups is 1. The van der Waals surface area contributed by atoms with Crippen molar-refractivity contribution in [3.63, 3.8) is 0 Å². The molecule has 0 saturated carbocycles. The number of esters is 1. The van der Waals surface area contributed by atoms with E-state index >= 15 is 0 Å². The second-order valence-corrected chi connectivity index (χ2v) is 7.40. The second-order valence-electron chi connectivity index (χ2n) is 5.32. The Labute approximate surface area is 159 Å². The monoisotopic (exact) mass is 393 g/mol. The van der Waals surface area contributed by atoms with Crippen LogP contribution in [0.5, 0.6) is 0 Å². The van der Waals surface area contributed by atoms with E-state index in [4.69, 9.17) is 4.74 Å². The van der Waals surface area contributed by atoms with Gasteiger partial charge in [-0.2, -0.15) is 0 Å². The van der Waals surface area contributed by atoms with Crippen molar-refractivity contribution in [2.75, 3.05) is 7.05 Å². The molecule has 1 atom stereocenters. The third-order valence-corrected chi connectivity index (χ3v) is 5.49. The van der Waals surface area contributed by atoms with Crippen LogP contribution in [0.1, 0.15) is 28.5 Å². The first-order valence-corrected chi connectivity index (χ1v) is 9.63. The molecule has 0 spiro atoms. The van der Waals surface area contributed by atoms with Crippen LogP contribution in [0.3, 0.4) is 0 Å². The van der Waals surface area contributed by atoms with Gasteiger partial charge in [0.2, 0.25) is 0 Å². The van der Waals surface area contributed by atoms with Crippen LogP contribution in [0, 0.1) is 6.92 Å². The van der Waals surface area contributed by atoms with Gasteiger partial charge in [0, 0.05) is 23.9 Å². The standard InChI is InChI=1S/C17H19N3O4S2/c1-10-8-25-17(19-10)26-9-12-6-4-5-7-13(12)15(22)24-11(2)14(21)20-16(23)18-3/h4-8,11H,9H2,1-3H3,(H2,18,20,21,23)/t11-/m1/s1. The quantitative estimate of drug-likeness (QED) is 0.579. The average molecular weight is 393 g/mol. The third-order valence-electron chi connectivity index (χ3n) is 3.30. The largest absolute Gasteiger partial charge is 0.449 e. The number of urea groups is 1. The Morgan fingerprint density at radius 2 is 2.04 bits per heavy atom. The zero-order chi connectivity index (χ0) is 19.1. The fourth-order valence-electron chi connectivity index (χ4n) is 1.94. The summed E-state index contributed by atoms with van der Waals surface area (Å²) in [6, 6.07) is 6.39. The molecule has 7 nitrogen and oxygen atoms in total. The molecule has 0 saturated heterocycles. The number of thiazole rings is 1. The normalized spacial score (nSPS) is 11.5. The molecule has 0 radical (unpaired) electrons. The molecule has 0 aliphatic rings. The first-order chi connectivity index (χ1) is 12.4. The number of nitrogens with zero attached hydrogens (tertiary/aromatic N) is 1. The van der Waals surface area contributed by atoms with Gasteiger partial charge in [0.25, 0.3) is 5.91 Å². The van der Waals surface area contributed by atoms with Crippen molar-refractivity contribution < 1.29 is 19.1 Å². The second kappa shape index (κ2) is 9.35. The topological polar surface area (TPSA) is 97.4 Å². The molecule has 0 bridgehead atoms. The Balaban J connectivity index is 2.02. The van der Waals surface area contributed by atoms with Crippen LogP contribution in [0.25, 0.3) is 0 Å². The Morgan fingerprint density at radius 1 is 1.31 bits per heavy atom. The van der Waals surface area contributed by atoms with Crippen molar-refractivity contribution >= 4 is 41.0 Å². The highest BCUT2D eigenvalue weighted by atomic mass is 32.2. The summed E-state index contributed by atoms with van der Waals surface area (Å²) in [6.07, 6.45) is -1.10. The molecule has 26 heavy (non-hydrogen) atoms. The first kappa shape index (κ1) is 19.9. The maximum Gasteiger partial charge on any atom is 0.339 e. The summed E-state index contributed by atoms with van der Waals surface area (Å²) in [6.45, 7) is 3.34. The summed E-state index contributed by atoms with van der Waals surface area (Å²) >= 11 is 3.08. The number of benzene rings is 1. The first-order valence-electron chi connectivity index (χ1n) is 7.77. The predicted octanol–water partition coefficient (Wildman–Crippen LogP) is 2.74. The van der Waals surface area contributed by atoms with Crippen LogP contribution >= 0.6 is 23.1 Å². The van der Waals surface area contributed by atoms with E-state index in [1.165, 1.54) is 25.7 Å². The van der Waals surface area contributed by atoms with Crippen molar-refractivity contribution in [1.29, 1.82) is 0 Å². The maximum atomic E-state index is 12.4. The van der Waals surface area contributed by atoms with E-state index in [1.54, 1.807) is 23.5 Å². The number of amides is 3. The lowest BCUT2D eigenvalue weighted by atomic mass is 10.1. The minimum Gasteiger partial charge on any atom is -0.449 e. The molecule has 1 aromatic heterocycles. The number of ether oxygens (including phenoxy) is 1. The average Bonchev–Trinajstić information content (AvgIpc) is 3.05. The molecule has 9 heteroatoms. The predicted molar refractivity (Wildman–Crippen MR) is 100 cm³/mol. The maximum absolute atomic E-state index is 12.4. The van der Waals surface area contributed by atoms with Crippen LogP contribution in [0.15, 0.2) is 34.0 Å². The number of nitrogens with one attached hydrogen (secondary N) is 2. The molecular weight excluding hydrogens is 374 g/mol. The van der Waals surface area contributed by atoms with E-state index in [9.17, 15) is 14.4 Å². The molecule has 1 heterocycles. The minimum atomic E-state index is -1.10. The van der Waals surface area contributed by atoms with Crippen LogP contribution in [0.4, 0.5) is 4.79 Å². The van der Waals surface area contributed by atoms with Crippen molar-refractivity contribution in [3.8, 4) is 0 Å². The summed E-state index contributed by atoms with van der Waals surface area (Å²) < 4.78 is 6.11. The van der Waals surface area contributed by atoms with Gasteiger partial charge < -0.3 is 10.1 Å². The van der Waals surface area contributed by atoms with E-state index in [0.717, 1.165) is 15.6 Å². The smallest absolute Gasteiger partial charge is 0.339 e. The van der Waals surface area contributed by atoms with Crippen molar-refractivity contribution in [1.82, 2.24) is 15.6 Å². The fourth-order valence-corrected chi connectivity index (χ4v) is 3.79. The summed E-state index contributed by atoms with van der Waals surface area (Å²) in [7, 11) is 1.39. The molecule has 2 aromatic rings. The molecule has 0 unspecified atom stereocenters. The summed E-state index contributed by atoms with van der Waals surface area (Å²) in [4.78, 5) is 39.8. The zero-order valence-electron chi connectivity index (χ0n) is 14.6. The highest BCUT2D eigenvalue weighted by Crippen LogP contribution is 2.27. The Hall–Kier alpha value is -2.39. The lowest BCUT2D eigenvalue weighted by Crippen LogP contribution is -2.43. The van der Waals surface area contributed by atoms with Gasteiger partial charge >= 0.3 is 12.0 Å². The molecule has 0 aliphatic carbocycles. The van der Waals surface area contributed by atoms with Gasteiger partial charge in [-0.3, -0.25) is 10.1 Å². The molecule has 2 N–H and O–H groups in total. The molecule has 138 valence electrons. The Bertz CT molecular complexity index is 807. The number of rotatable bonds is 6. The van der Waals surface area contributed by atoms with Gasteiger partial charge in [0.1, 0.15) is 4.34 Å². The summed E-state index contributed by atoms with van der Waals surface area (Å²) in [5.41, 5.74) is 2.13. The van der Waals surface area contributed by atoms with Gasteiger partial charge in [-0.05, 0) is 25.5 Å².